The van der Waals surface area contributed by atoms with Crippen LogP contribution in [0.15, 0.2) is 54.6 Å². The maximum atomic E-state index is 13.3. The second-order valence-corrected chi connectivity index (χ2v) is 10.9. The van der Waals surface area contributed by atoms with Gasteiger partial charge in [-0.1, -0.05) is 54.3 Å². The van der Waals surface area contributed by atoms with Gasteiger partial charge in [-0.25, -0.2) is 12.7 Å². The van der Waals surface area contributed by atoms with Gasteiger partial charge < -0.3 is 10.2 Å². The molecule has 0 amide bonds. The lowest BCUT2D eigenvalue weighted by molar-refractivity contribution is -0.0554. The van der Waals surface area contributed by atoms with Crippen LogP contribution in [0.4, 0.5) is 0 Å². The van der Waals surface area contributed by atoms with Crippen molar-refractivity contribution in [3.05, 3.63) is 71.3 Å². The van der Waals surface area contributed by atoms with Crippen molar-refractivity contribution in [2.75, 3.05) is 26.2 Å². The van der Waals surface area contributed by atoms with Crippen LogP contribution in [0.2, 0.25) is 0 Å². The van der Waals surface area contributed by atoms with E-state index in [2.05, 4.69) is 16.7 Å². The summed E-state index contributed by atoms with van der Waals surface area (Å²) in [7, 11) is -3.45. The Kier molecular flexibility index (Phi) is 7.52. The summed E-state index contributed by atoms with van der Waals surface area (Å²) < 4.78 is 28.2. The van der Waals surface area contributed by atoms with Crippen molar-refractivity contribution >= 4 is 10.0 Å². The van der Waals surface area contributed by atoms with Crippen LogP contribution in [0, 0.1) is 11.8 Å². The van der Waals surface area contributed by atoms with Crippen molar-refractivity contribution in [2.45, 2.75) is 49.6 Å². The van der Waals surface area contributed by atoms with Gasteiger partial charge in [-0.2, -0.15) is 0 Å². The third-order valence-corrected chi connectivity index (χ3v) is 8.46. The Balaban J connectivity index is 1.55. The van der Waals surface area contributed by atoms with Crippen LogP contribution in [0.25, 0.3) is 0 Å². The minimum atomic E-state index is -3.45. The summed E-state index contributed by atoms with van der Waals surface area (Å²) in [6.07, 6.45) is 1.05. The van der Waals surface area contributed by atoms with E-state index in [0.29, 0.717) is 13.1 Å². The molecule has 2 aromatic carbocycles. The Morgan fingerprint density at radius 2 is 1.76 bits per heavy atom. The van der Waals surface area contributed by atoms with E-state index in [4.69, 9.17) is 0 Å². The molecule has 2 N–H and O–H groups in total. The van der Waals surface area contributed by atoms with E-state index in [9.17, 15) is 18.6 Å². The second kappa shape index (κ2) is 10.4. The lowest BCUT2D eigenvalue weighted by Crippen LogP contribution is -2.67. The average Bonchev–Trinajstić information content (AvgIpc) is 2.77. The molecule has 33 heavy (non-hydrogen) atoms. The molecular formula is C26H32N2O4S. The molecule has 2 saturated heterocycles. The molecule has 4 atom stereocenters. The van der Waals surface area contributed by atoms with Crippen LogP contribution in [0.1, 0.15) is 42.4 Å². The fourth-order valence-corrected chi connectivity index (χ4v) is 6.60. The fourth-order valence-electron chi connectivity index (χ4n) is 5.01. The molecule has 0 radical (unpaired) electrons. The number of hydrogen-bond acceptors (Lipinski definition) is 5. The van der Waals surface area contributed by atoms with Gasteiger partial charge >= 0.3 is 0 Å². The minimum Gasteiger partial charge on any atom is -0.395 e. The van der Waals surface area contributed by atoms with E-state index in [0.717, 1.165) is 36.1 Å². The topological polar surface area (TPSA) is 81.1 Å². The van der Waals surface area contributed by atoms with Gasteiger partial charge in [0.2, 0.25) is 10.0 Å². The highest BCUT2D eigenvalue weighted by molar-refractivity contribution is 7.88. The molecule has 2 fully saturated rings. The van der Waals surface area contributed by atoms with Crippen molar-refractivity contribution in [1.82, 2.24) is 9.21 Å². The molecule has 2 aliphatic heterocycles. The Morgan fingerprint density at radius 3 is 2.42 bits per heavy atom. The number of nitrogens with zero attached hydrogens (tertiary/aromatic N) is 2. The SMILES string of the molecule is C[C@H](O)C#Cc1ccc([C@@H]2[C@@H](CO)N3CCCCN(S(=O)(=O)Cc4ccccc4)C[C@H]23)cc1. The molecule has 0 spiro atoms. The lowest BCUT2D eigenvalue weighted by Gasteiger charge is -2.57. The molecule has 7 heteroatoms. The van der Waals surface area contributed by atoms with Crippen molar-refractivity contribution in [3.8, 4) is 11.8 Å². The highest BCUT2D eigenvalue weighted by Crippen LogP contribution is 2.42. The largest absolute Gasteiger partial charge is 0.395 e. The number of hydrogen-bond donors (Lipinski definition) is 2. The van der Waals surface area contributed by atoms with Crippen LogP contribution < -0.4 is 0 Å². The Bertz CT molecular complexity index is 1090. The molecule has 0 saturated carbocycles. The van der Waals surface area contributed by atoms with Crippen molar-refractivity contribution in [3.63, 3.8) is 0 Å². The summed E-state index contributed by atoms with van der Waals surface area (Å²) in [6, 6.07) is 17.2. The van der Waals surface area contributed by atoms with Gasteiger partial charge in [0.25, 0.3) is 0 Å². The van der Waals surface area contributed by atoms with Crippen molar-refractivity contribution < 1.29 is 18.6 Å². The molecule has 0 unspecified atom stereocenters. The predicted molar refractivity (Wildman–Crippen MR) is 129 cm³/mol. The summed E-state index contributed by atoms with van der Waals surface area (Å²) in [5, 5.41) is 19.5. The van der Waals surface area contributed by atoms with E-state index >= 15 is 0 Å². The number of aliphatic hydroxyl groups excluding tert-OH is 2. The summed E-state index contributed by atoms with van der Waals surface area (Å²) in [6.45, 7) is 3.50. The molecule has 2 aromatic rings. The molecule has 2 heterocycles. The molecule has 2 aliphatic rings. The standard InChI is InChI=1S/C26H32N2O4S/c1-20(30)9-10-21-11-13-23(14-12-21)26-24-17-27(15-5-6-16-28(24)25(26)18-29)33(31,32)19-22-7-3-2-4-8-22/h2-4,7-8,11-14,20,24-26,29-30H,5-6,15-19H2,1H3/t20-,24+,25+,26-/m0/s1. The zero-order valence-electron chi connectivity index (χ0n) is 19.0. The molecule has 4 rings (SSSR count). The second-order valence-electron chi connectivity index (χ2n) is 8.96. The first-order chi connectivity index (χ1) is 15.9. The summed E-state index contributed by atoms with van der Waals surface area (Å²) in [5.74, 6) is 5.76. The van der Waals surface area contributed by atoms with Crippen LogP contribution in [-0.2, 0) is 15.8 Å². The highest BCUT2D eigenvalue weighted by Gasteiger charge is 2.50. The van der Waals surface area contributed by atoms with Crippen LogP contribution in [0.5, 0.6) is 0 Å². The smallest absolute Gasteiger partial charge is 0.218 e. The quantitative estimate of drug-likeness (QED) is 0.658. The third kappa shape index (κ3) is 5.48. The number of rotatable bonds is 5. The average molecular weight is 469 g/mol. The number of benzene rings is 2. The van der Waals surface area contributed by atoms with Gasteiger partial charge in [-0.15, -0.1) is 0 Å². The molecular weight excluding hydrogens is 436 g/mol. The van der Waals surface area contributed by atoms with E-state index in [1.807, 2.05) is 54.6 Å². The summed E-state index contributed by atoms with van der Waals surface area (Å²) in [4.78, 5) is 2.27. The maximum Gasteiger partial charge on any atom is 0.218 e. The van der Waals surface area contributed by atoms with Crippen LogP contribution in [-0.4, -0.2) is 72.3 Å². The van der Waals surface area contributed by atoms with Crippen molar-refractivity contribution in [1.29, 1.82) is 0 Å². The monoisotopic (exact) mass is 468 g/mol. The first-order valence-corrected chi connectivity index (χ1v) is 13.2. The fraction of sp³-hybridized carbons (Fsp3) is 0.462. The summed E-state index contributed by atoms with van der Waals surface area (Å²) >= 11 is 0. The van der Waals surface area contributed by atoms with Gasteiger partial charge in [0.05, 0.1) is 12.4 Å². The number of fused-ring (bicyclic) bond motifs is 1. The van der Waals surface area contributed by atoms with E-state index in [1.54, 1.807) is 11.2 Å². The zero-order valence-corrected chi connectivity index (χ0v) is 19.8. The minimum absolute atomic E-state index is 0.00526. The Labute approximate surface area is 196 Å². The van der Waals surface area contributed by atoms with Gasteiger partial charge in [0, 0.05) is 36.7 Å². The maximum absolute atomic E-state index is 13.3. The number of aliphatic hydroxyl groups is 2. The van der Waals surface area contributed by atoms with E-state index in [-0.39, 0.29) is 30.4 Å². The highest BCUT2D eigenvalue weighted by atomic mass is 32.2. The Morgan fingerprint density at radius 1 is 1.06 bits per heavy atom. The molecule has 0 bridgehead atoms. The van der Waals surface area contributed by atoms with Gasteiger partial charge in [-0.3, -0.25) is 4.90 Å². The molecule has 0 aromatic heterocycles. The first-order valence-electron chi connectivity index (χ1n) is 11.6. The van der Waals surface area contributed by atoms with Gasteiger partial charge in [-0.05, 0) is 49.6 Å². The van der Waals surface area contributed by atoms with Crippen LogP contribution in [0.3, 0.4) is 0 Å². The summed E-state index contributed by atoms with van der Waals surface area (Å²) in [5.41, 5.74) is 2.70. The normalized spacial score (nSPS) is 25.0. The first kappa shape index (κ1) is 23.9. The van der Waals surface area contributed by atoms with Crippen LogP contribution >= 0.6 is 0 Å². The zero-order chi connectivity index (χ0) is 23.4. The Hall–Kier alpha value is -2.21. The molecule has 176 valence electrons. The third-order valence-electron chi connectivity index (χ3n) is 6.64. The number of sulfonamides is 1. The molecule has 0 aliphatic carbocycles. The lowest BCUT2D eigenvalue weighted by atomic mass is 9.74. The van der Waals surface area contributed by atoms with E-state index in [1.165, 1.54) is 0 Å². The van der Waals surface area contributed by atoms with Gasteiger partial charge in [0.15, 0.2) is 0 Å². The van der Waals surface area contributed by atoms with Crippen molar-refractivity contribution in [2.24, 2.45) is 0 Å². The predicted octanol–water partition coefficient (Wildman–Crippen LogP) is 2.17. The van der Waals surface area contributed by atoms with Gasteiger partial charge in [0.1, 0.15) is 6.10 Å². The van der Waals surface area contributed by atoms with E-state index < -0.39 is 16.1 Å². The molecule has 6 nitrogen and oxygen atoms in total.